The molecule has 0 amide bonds. The minimum absolute atomic E-state index is 0.137. The molecule has 30 heavy (non-hydrogen) atoms. The van der Waals surface area contributed by atoms with Crippen LogP contribution < -0.4 is 4.74 Å². The molecule has 0 N–H and O–H groups in total. The summed E-state index contributed by atoms with van der Waals surface area (Å²) < 4.78 is 11.0. The Morgan fingerprint density at radius 1 is 1.10 bits per heavy atom. The van der Waals surface area contributed by atoms with Gasteiger partial charge in [-0.05, 0) is 51.0 Å². The Hall–Kier alpha value is -1.98. The van der Waals surface area contributed by atoms with Crippen LogP contribution in [0.15, 0.2) is 54.6 Å². The van der Waals surface area contributed by atoms with Gasteiger partial charge in [0, 0.05) is 25.4 Å². The van der Waals surface area contributed by atoms with Crippen LogP contribution in [0.4, 0.5) is 0 Å². The molecule has 0 aromatic heterocycles. The van der Waals surface area contributed by atoms with Gasteiger partial charge in [-0.3, -0.25) is 9.69 Å². The summed E-state index contributed by atoms with van der Waals surface area (Å²) in [4.78, 5) is 15.0. The lowest BCUT2D eigenvalue weighted by Crippen LogP contribution is -2.45. The summed E-state index contributed by atoms with van der Waals surface area (Å²) in [5.41, 5.74) is 2.21. The van der Waals surface area contributed by atoms with Crippen molar-refractivity contribution in [1.29, 1.82) is 0 Å². The summed E-state index contributed by atoms with van der Waals surface area (Å²) in [7, 11) is 0. The molecule has 0 aliphatic carbocycles. The average Bonchev–Trinajstić information content (AvgIpc) is 2.68. The molecule has 1 aliphatic rings. The molecule has 1 unspecified atom stereocenters. The van der Waals surface area contributed by atoms with Crippen LogP contribution in [0.5, 0.6) is 5.75 Å². The highest BCUT2D eigenvalue weighted by Crippen LogP contribution is 2.44. The van der Waals surface area contributed by atoms with Crippen LogP contribution in [0.1, 0.15) is 45.2 Å². The molecule has 1 saturated heterocycles. The molecular formula is C25H33NO3S. The van der Waals surface area contributed by atoms with Gasteiger partial charge in [-0.15, -0.1) is 11.8 Å². The Morgan fingerprint density at radius 3 is 2.43 bits per heavy atom. The van der Waals surface area contributed by atoms with E-state index in [1.807, 2.05) is 57.7 Å². The van der Waals surface area contributed by atoms with Crippen molar-refractivity contribution in [2.45, 2.75) is 51.0 Å². The predicted octanol–water partition coefficient (Wildman–Crippen LogP) is 5.26. The zero-order valence-corrected chi connectivity index (χ0v) is 19.3. The molecule has 2 aromatic carbocycles. The molecule has 0 saturated carbocycles. The number of nitrogens with zero attached hydrogens (tertiary/aromatic N) is 1. The maximum Gasteiger partial charge on any atom is 0.307 e. The Kier molecular flexibility index (Phi) is 7.48. The second kappa shape index (κ2) is 9.88. The van der Waals surface area contributed by atoms with E-state index in [1.165, 1.54) is 5.56 Å². The Morgan fingerprint density at radius 2 is 1.80 bits per heavy atom. The fraction of sp³-hybridized carbons (Fsp3) is 0.480. The molecule has 0 spiro atoms. The van der Waals surface area contributed by atoms with Gasteiger partial charge >= 0.3 is 5.97 Å². The highest BCUT2D eigenvalue weighted by Gasteiger charge is 2.40. The SMILES string of the molecule is CCOC(=O)CC1(c2ccc(OC(C)(C)C)cc2)CN(Cc2ccccc2)CCS1. The number of hydrogen-bond acceptors (Lipinski definition) is 5. The van der Waals surface area contributed by atoms with Crippen LogP contribution >= 0.6 is 11.8 Å². The van der Waals surface area contributed by atoms with Gasteiger partial charge in [0.15, 0.2) is 0 Å². The minimum Gasteiger partial charge on any atom is -0.488 e. The number of rotatable bonds is 7. The van der Waals surface area contributed by atoms with E-state index in [1.54, 1.807) is 0 Å². The lowest BCUT2D eigenvalue weighted by molar-refractivity contribution is -0.144. The van der Waals surface area contributed by atoms with E-state index in [4.69, 9.17) is 9.47 Å². The van der Waals surface area contributed by atoms with Gasteiger partial charge in [0.25, 0.3) is 0 Å². The summed E-state index contributed by atoms with van der Waals surface area (Å²) in [6.07, 6.45) is 0.371. The van der Waals surface area contributed by atoms with E-state index in [0.717, 1.165) is 36.7 Å². The molecule has 4 nitrogen and oxygen atoms in total. The smallest absolute Gasteiger partial charge is 0.307 e. The number of carbonyl (C=O) groups excluding carboxylic acids is 1. The molecule has 0 radical (unpaired) electrons. The first-order valence-electron chi connectivity index (χ1n) is 10.7. The largest absolute Gasteiger partial charge is 0.488 e. The first kappa shape index (κ1) is 22.7. The van der Waals surface area contributed by atoms with Gasteiger partial charge in [-0.2, -0.15) is 0 Å². The summed E-state index contributed by atoms with van der Waals surface area (Å²) in [5, 5.41) is 0. The Balaban J connectivity index is 1.84. The van der Waals surface area contributed by atoms with E-state index in [-0.39, 0.29) is 16.3 Å². The highest BCUT2D eigenvalue weighted by atomic mass is 32.2. The highest BCUT2D eigenvalue weighted by molar-refractivity contribution is 8.00. The quantitative estimate of drug-likeness (QED) is 0.564. The van der Waals surface area contributed by atoms with Crippen molar-refractivity contribution in [3.8, 4) is 5.75 Å². The number of ether oxygens (including phenoxy) is 2. The van der Waals surface area contributed by atoms with Gasteiger partial charge in [0.05, 0.1) is 17.8 Å². The summed E-state index contributed by atoms with van der Waals surface area (Å²) >= 11 is 1.87. The van der Waals surface area contributed by atoms with Crippen LogP contribution in [-0.4, -0.2) is 41.9 Å². The van der Waals surface area contributed by atoms with Crippen LogP contribution in [-0.2, 0) is 20.8 Å². The van der Waals surface area contributed by atoms with Crippen LogP contribution in [0, 0.1) is 0 Å². The number of benzene rings is 2. The van der Waals surface area contributed by atoms with Crippen molar-refractivity contribution < 1.29 is 14.3 Å². The molecule has 3 rings (SSSR count). The number of carbonyl (C=O) groups is 1. The van der Waals surface area contributed by atoms with E-state index >= 15 is 0 Å². The second-order valence-corrected chi connectivity index (χ2v) is 10.2. The Labute approximate surface area is 184 Å². The summed E-state index contributed by atoms with van der Waals surface area (Å²) in [5.74, 6) is 1.69. The lowest BCUT2D eigenvalue weighted by Gasteiger charge is -2.42. The van der Waals surface area contributed by atoms with Gasteiger partial charge in [-0.25, -0.2) is 0 Å². The lowest BCUT2D eigenvalue weighted by atomic mass is 9.93. The fourth-order valence-corrected chi connectivity index (χ4v) is 5.38. The molecule has 2 aromatic rings. The maximum atomic E-state index is 12.5. The topological polar surface area (TPSA) is 38.8 Å². The fourth-order valence-electron chi connectivity index (χ4n) is 3.84. The molecule has 0 bridgehead atoms. The minimum atomic E-state index is -0.320. The standard InChI is InChI=1S/C25H33NO3S/c1-5-28-23(27)17-25(21-11-13-22(14-12-21)29-24(2,3)4)19-26(15-16-30-25)18-20-9-7-6-8-10-20/h6-14H,5,15-19H2,1-4H3. The molecule has 1 aliphatic heterocycles. The van der Waals surface area contributed by atoms with Gasteiger partial charge < -0.3 is 9.47 Å². The summed E-state index contributed by atoms with van der Waals surface area (Å²) in [6, 6.07) is 18.8. The third kappa shape index (κ3) is 6.26. The average molecular weight is 428 g/mol. The van der Waals surface area contributed by atoms with Crippen molar-refractivity contribution in [3.63, 3.8) is 0 Å². The van der Waals surface area contributed by atoms with Gasteiger partial charge in [0.1, 0.15) is 11.4 Å². The zero-order valence-electron chi connectivity index (χ0n) is 18.5. The third-order valence-corrected chi connectivity index (χ3v) is 6.50. The third-order valence-electron chi connectivity index (χ3n) is 5.05. The molecule has 1 atom stereocenters. The first-order valence-corrected chi connectivity index (χ1v) is 11.6. The van der Waals surface area contributed by atoms with Crippen molar-refractivity contribution in [2.24, 2.45) is 0 Å². The Bertz CT molecular complexity index is 817. The zero-order chi connectivity index (χ0) is 21.6. The maximum absolute atomic E-state index is 12.5. The van der Waals surface area contributed by atoms with E-state index in [0.29, 0.717) is 13.0 Å². The van der Waals surface area contributed by atoms with E-state index < -0.39 is 0 Å². The molecule has 162 valence electrons. The molecule has 5 heteroatoms. The van der Waals surface area contributed by atoms with Crippen molar-refractivity contribution >= 4 is 17.7 Å². The van der Waals surface area contributed by atoms with Crippen molar-refractivity contribution in [2.75, 3.05) is 25.4 Å². The van der Waals surface area contributed by atoms with Crippen molar-refractivity contribution in [3.05, 3.63) is 65.7 Å². The normalized spacial score (nSPS) is 20.0. The monoisotopic (exact) mass is 427 g/mol. The molecule has 1 heterocycles. The number of hydrogen-bond donors (Lipinski definition) is 0. The summed E-state index contributed by atoms with van der Waals surface area (Å²) in [6.45, 7) is 11.1. The van der Waals surface area contributed by atoms with Gasteiger partial charge in [0.2, 0.25) is 0 Å². The van der Waals surface area contributed by atoms with Crippen LogP contribution in [0.3, 0.4) is 0 Å². The molecule has 1 fully saturated rings. The van der Waals surface area contributed by atoms with E-state index in [9.17, 15) is 4.79 Å². The van der Waals surface area contributed by atoms with E-state index in [2.05, 4.69) is 41.3 Å². The van der Waals surface area contributed by atoms with Crippen LogP contribution in [0.25, 0.3) is 0 Å². The van der Waals surface area contributed by atoms with Crippen LogP contribution in [0.2, 0.25) is 0 Å². The second-order valence-electron chi connectivity index (χ2n) is 8.76. The van der Waals surface area contributed by atoms with Crippen molar-refractivity contribution in [1.82, 2.24) is 4.90 Å². The first-order chi connectivity index (χ1) is 14.3. The van der Waals surface area contributed by atoms with Gasteiger partial charge in [-0.1, -0.05) is 42.5 Å². The molecular weight excluding hydrogens is 394 g/mol. The number of thioether (sulfide) groups is 1. The predicted molar refractivity (Wildman–Crippen MR) is 124 cm³/mol. The number of esters is 1.